The zero-order valence-corrected chi connectivity index (χ0v) is 6.93. The molecule has 0 aromatic heterocycles. The highest BCUT2D eigenvalue weighted by atomic mass is 15.1. The Kier molecular flexibility index (Phi) is 2.56. The highest BCUT2D eigenvalue weighted by molar-refractivity contribution is 5.30. The molecular formula is C7H15N5. The molecule has 1 rings (SSSR count). The molecule has 1 saturated carbocycles. The Balaban J connectivity index is 2.84. The Morgan fingerprint density at radius 1 is 0.750 bits per heavy atom. The summed E-state index contributed by atoms with van der Waals surface area (Å²) in [6.07, 6.45) is 0. The minimum Gasteiger partial charge on any atom is -0.324 e. The van der Waals surface area contributed by atoms with E-state index in [0.29, 0.717) is 0 Å². The third kappa shape index (κ3) is 1.16. The highest BCUT2D eigenvalue weighted by Crippen LogP contribution is 2.21. The van der Waals surface area contributed by atoms with Crippen molar-refractivity contribution < 1.29 is 0 Å². The van der Waals surface area contributed by atoms with Crippen LogP contribution in [0.1, 0.15) is 0 Å². The van der Waals surface area contributed by atoms with Gasteiger partial charge in [-0.05, 0) is 13.4 Å². The lowest BCUT2D eigenvalue weighted by atomic mass is 10.1. The summed E-state index contributed by atoms with van der Waals surface area (Å²) in [6, 6.07) is -1.16. The average molecular weight is 169 g/mol. The first-order valence-electron chi connectivity index (χ1n) is 3.82. The van der Waals surface area contributed by atoms with Gasteiger partial charge in [0.25, 0.3) is 0 Å². The normalized spacial score (nSPS) is 47.4. The van der Waals surface area contributed by atoms with E-state index in [-0.39, 0.29) is 30.2 Å². The van der Waals surface area contributed by atoms with E-state index < -0.39 is 0 Å². The molecule has 1 aliphatic rings. The van der Waals surface area contributed by atoms with Crippen LogP contribution in [0, 0.1) is 0 Å². The molecular weight excluding hydrogens is 154 g/mol. The van der Waals surface area contributed by atoms with Crippen LogP contribution in [-0.4, -0.2) is 43.6 Å². The SMILES string of the molecule is C=NC1C(N)C(N)C(N=C)C1N. The minimum absolute atomic E-state index is 0.199. The van der Waals surface area contributed by atoms with Crippen molar-refractivity contribution >= 4 is 13.4 Å². The largest absolute Gasteiger partial charge is 0.324 e. The summed E-state index contributed by atoms with van der Waals surface area (Å²) in [7, 11) is 0. The molecule has 0 aromatic carbocycles. The number of hydrogen-bond donors (Lipinski definition) is 3. The molecule has 0 aromatic rings. The molecule has 0 bridgehead atoms. The second kappa shape index (κ2) is 3.30. The van der Waals surface area contributed by atoms with Gasteiger partial charge in [-0.3, -0.25) is 9.98 Å². The number of nitrogens with zero attached hydrogens (tertiary/aromatic N) is 2. The Morgan fingerprint density at radius 2 is 1.08 bits per heavy atom. The third-order valence-corrected chi connectivity index (χ3v) is 2.44. The van der Waals surface area contributed by atoms with Gasteiger partial charge in [-0.2, -0.15) is 0 Å². The molecule has 5 nitrogen and oxygen atoms in total. The lowest BCUT2D eigenvalue weighted by Gasteiger charge is -2.14. The quantitative estimate of drug-likeness (QED) is 0.421. The van der Waals surface area contributed by atoms with E-state index in [2.05, 4.69) is 23.4 Å². The van der Waals surface area contributed by atoms with Crippen molar-refractivity contribution in [1.29, 1.82) is 0 Å². The molecule has 1 aliphatic carbocycles. The van der Waals surface area contributed by atoms with Gasteiger partial charge < -0.3 is 17.2 Å². The smallest absolute Gasteiger partial charge is 0.0831 e. The standard InChI is InChI=1S/C7H15N5/c1-11-6-3(8)4(9)7(12-2)5(6)10/h3-7H,1-2,8-10H2. The van der Waals surface area contributed by atoms with Crippen LogP contribution in [-0.2, 0) is 0 Å². The molecule has 6 N–H and O–H groups in total. The summed E-state index contributed by atoms with van der Waals surface area (Å²) >= 11 is 0. The van der Waals surface area contributed by atoms with E-state index in [1.807, 2.05) is 0 Å². The molecule has 1 fully saturated rings. The first-order chi connectivity index (χ1) is 5.63. The Morgan fingerprint density at radius 3 is 1.25 bits per heavy atom. The zero-order chi connectivity index (χ0) is 9.30. The minimum atomic E-state index is -0.256. The van der Waals surface area contributed by atoms with Crippen LogP contribution in [0.5, 0.6) is 0 Å². The van der Waals surface area contributed by atoms with E-state index in [4.69, 9.17) is 17.2 Å². The van der Waals surface area contributed by atoms with Gasteiger partial charge in [-0.1, -0.05) is 0 Å². The van der Waals surface area contributed by atoms with Crippen LogP contribution < -0.4 is 17.2 Å². The van der Waals surface area contributed by atoms with Gasteiger partial charge in [0.2, 0.25) is 0 Å². The molecule has 12 heavy (non-hydrogen) atoms. The van der Waals surface area contributed by atoms with Crippen molar-refractivity contribution in [3.8, 4) is 0 Å². The second-order valence-corrected chi connectivity index (χ2v) is 3.08. The number of rotatable bonds is 2. The maximum Gasteiger partial charge on any atom is 0.0831 e. The molecule has 68 valence electrons. The third-order valence-electron chi connectivity index (χ3n) is 2.44. The van der Waals surface area contributed by atoms with E-state index in [9.17, 15) is 0 Å². The van der Waals surface area contributed by atoms with Crippen LogP contribution in [0.25, 0.3) is 0 Å². The average Bonchev–Trinajstić information content (AvgIpc) is 2.25. The first kappa shape index (κ1) is 9.31. The Hall–Kier alpha value is -0.780. The predicted molar refractivity (Wildman–Crippen MR) is 50.6 cm³/mol. The van der Waals surface area contributed by atoms with Crippen molar-refractivity contribution in [3.05, 3.63) is 0 Å². The van der Waals surface area contributed by atoms with Crippen molar-refractivity contribution in [1.82, 2.24) is 0 Å². The fraction of sp³-hybridized carbons (Fsp3) is 0.714. The molecule has 0 saturated heterocycles. The van der Waals surface area contributed by atoms with Gasteiger partial charge in [0.15, 0.2) is 0 Å². The molecule has 0 heterocycles. The summed E-state index contributed by atoms with van der Waals surface area (Å²) in [4.78, 5) is 7.66. The van der Waals surface area contributed by atoms with E-state index in [0.717, 1.165) is 0 Å². The summed E-state index contributed by atoms with van der Waals surface area (Å²) in [5.41, 5.74) is 17.3. The zero-order valence-electron chi connectivity index (χ0n) is 6.93. The summed E-state index contributed by atoms with van der Waals surface area (Å²) < 4.78 is 0. The number of nitrogens with two attached hydrogens (primary N) is 3. The number of hydrogen-bond acceptors (Lipinski definition) is 5. The van der Waals surface area contributed by atoms with Gasteiger partial charge in [0, 0.05) is 12.1 Å². The van der Waals surface area contributed by atoms with Crippen molar-refractivity contribution in [2.75, 3.05) is 0 Å². The molecule has 5 heteroatoms. The number of aliphatic imine (C=N–C) groups is 2. The van der Waals surface area contributed by atoms with Gasteiger partial charge in [0.05, 0.1) is 18.1 Å². The van der Waals surface area contributed by atoms with Crippen LogP contribution in [0.15, 0.2) is 9.98 Å². The summed E-state index contributed by atoms with van der Waals surface area (Å²) in [5, 5.41) is 0. The maximum atomic E-state index is 5.80. The van der Waals surface area contributed by atoms with Gasteiger partial charge >= 0.3 is 0 Å². The monoisotopic (exact) mass is 169 g/mol. The van der Waals surface area contributed by atoms with Crippen LogP contribution >= 0.6 is 0 Å². The van der Waals surface area contributed by atoms with Gasteiger partial charge in [0.1, 0.15) is 0 Å². The topological polar surface area (TPSA) is 103 Å². The maximum absolute atomic E-state index is 5.80. The molecule has 4 unspecified atom stereocenters. The molecule has 0 aliphatic heterocycles. The van der Waals surface area contributed by atoms with Crippen LogP contribution in [0.2, 0.25) is 0 Å². The van der Waals surface area contributed by atoms with Crippen LogP contribution in [0.3, 0.4) is 0 Å². The van der Waals surface area contributed by atoms with E-state index in [1.165, 1.54) is 0 Å². The lowest BCUT2D eigenvalue weighted by Crippen LogP contribution is -2.45. The van der Waals surface area contributed by atoms with Gasteiger partial charge in [-0.25, -0.2) is 0 Å². The second-order valence-electron chi connectivity index (χ2n) is 3.08. The lowest BCUT2D eigenvalue weighted by molar-refractivity contribution is 0.539. The van der Waals surface area contributed by atoms with E-state index >= 15 is 0 Å². The molecule has 4 atom stereocenters. The summed E-state index contributed by atoms with van der Waals surface area (Å²) in [6.45, 7) is 6.84. The van der Waals surface area contributed by atoms with Crippen LogP contribution in [0.4, 0.5) is 0 Å². The highest BCUT2D eigenvalue weighted by Gasteiger charge is 2.44. The molecule has 0 amide bonds. The molecule has 0 radical (unpaired) electrons. The Labute approximate surface area is 71.7 Å². The Bertz CT molecular complexity index is 172. The van der Waals surface area contributed by atoms with E-state index in [1.54, 1.807) is 0 Å². The first-order valence-corrected chi connectivity index (χ1v) is 3.82. The molecule has 0 spiro atoms. The fourth-order valence-corrected chi connectivity index (χ4v) is 1.66. The summed E-state index contributed by atoms with van der Waals surface area (Å²) in [5.74, 6) is 0. The van der Waals surface area contributed by atoms with Gasteiger partial charge in [-0.15, -0.1) is 0 Å². The van der Waals surface area contributed by atoms with Crippen molar-refractivity contribution in [2.45, 2.75) is 30.2 Å². The van der Waals surface area contributed by atoms with Crippen molar-refractivity contribution in [3.63, 3.8) is 0 Å². The predicted octanol–water partition coefficient (Wildman–Crippen LogP) is -1.88. The fourth-order valence-electron chi connectivity index (χ4n) is 1.66. The van der Waals surface area contributed by atoms with Crippen molar-refractivity contribution in [2.24, 2.45) is 27.2 Å².